The predicted octanol–water partition coefficient (Wildman–Crippen LogP) is 2.70. The van der Waals surface area contributed by atoms with Gasteiger partial charge in [-0.15, -0.1) is 0 Å². The van der Waals surface area contributed by atoms with E-state index in [0.717, 1.165) is 15.7 Å². The van der Waals surface area contributed by atoms with E-state index >= 15 is 0 Å². The molecule has 0 saturated heterocycles. The fraction of sp³-hybridized carbons (Fsp3) is 0.231. The van der Waals surface area contributed by atoms with Crippen LogP contribution in [0.3, 0.4) is 0 Å². The predicted molar refractivity (Wildman–Crippen MR) is 72.9 cm³/mol. The Labute approximate surface area is 118 Å². The van der Waals surface area contributed by atoms with Crippen molar-refractivity contribution in [2.45, 2.75) is 13.0 Å². The summed E-state index contributed by atoms with van der Waals surface area (Å²) >= 11 is 3.38. The van der Waals surface area contributed by atoms with Gasteiger partial charge in [0.2, 0.25) is 0 Å². The molecule has 0 radical (unpaired) electrons. The third kappa shape index (κ3) is 2.33. The Morgan fingerprint density at radius 1 is 1.32 bits per heavy atom. The number of nitrogens with two attached hydrogens (primary N) is 1. The first kappa shape index (κ1) is 12.5. The van der Waals surface area contributed by atoms with Crippen LogP contribution >= 0.6 is 15.9 Å². The fourth-order valence-electron chi connectivity index (χ4n) is 2.05. The van der Waals surface area contributed by atoms with Crippen molar-refractivity contribution in [3.05, 3.63) is 39.7 Å². The van der Waals surface area contributed by atoms with E-state index in [0.29, 0.717) is 36.8 Å². The van der Waals surface area contributed by atoms with Gasteiger partial charge in [-0.1, -0.05) is 15.9 Å². The average molecular weight is 324 g/mol. The quantitative estimate of drug-likeness (QED) is 0.876. The smallest absolute Gasteiger partial charge is 0.163 e. The summed E-state index contributed by atoms with van der Waals surface area (Å²) in [5, 5.41) is 0. The van der Waals surface area contributed by atoms with Gasteiger partial charge >= 0.3 is 0 Å². The molecule has 2 N–H and O–H groups in total. The molecule has 4 nitrogen and oxygen atoms in total. The van der Waals surface area contributed by atoms with E-state index in [4.69, 9.17) is 10.5 Å². The molecule has 2 aromatic rings. The van der Waals surface area contributed by atoms with Crippen LogP contribution in [-0.4, -0.2) is 16.6 Å². The van der Waals surface area contributed by atoms with E-state index in [-0.39, 0.29) is 5.82 Å². The number of hydrogen-bond acceptors (Lipinski definition) is 4. The molecule has 98 valence electrons. The van der Waals surface area contributed by atoms with E-state index in [2.05, 4.69) is 25.9 Å². The minimum Gasteiger partial charge on any atom is -0.383 e. The molecule has 0 aliphatic carbocycles. The highest BCUT2D eigenvalue weighted by Crippen LogP contribution is 2.29. The van der Waals surface area contributed by atoms with Crippen LogP contribution in [0.15, 0.2) is 22.7 Å². The van der Waals surface area contributed by atoms with Crippen LogP contribution < -0.4 is 5.73 Å². The number of anilines is 1. The van der Waals surface area contributed by atoms with Crippen molar-refractivity contribution in [3.8, 4) is 11.4 Å². The zero-order valence-corrected chi connectivity index (χ0v) is 11.6. The molecule has 0 unspecified atom stereocenters. The van der Waals surface area contributed by atoms with Crippen molar-refractivity contribution in [1.82, 2.24) is 9.97 Å². The Balaban J connectivity index is 2.15. The molecule has 6 heteroatoms. The topological polar surface area (TPSA) is 61.0 Å². The molecule has 3 rings (SSSR count). The molecular weight excluding hydrogens is 313 g/mol. The van der Waals surface area contributed by atoms with Gasteiger partial charge in [0.1, 0.15) is 11.6 Å². The standard InChI is InChI=1S/C13H11BrFN3O/c14-10-2-1-7(15)5-8(10)13-17-11-3-4-19-6-9(11)12(16)18-13/h1-2,5H,3-4,6H2,(H2,16,17,18). The first-order valence-electron chi connectivity index (χ1n) is 5.83. The minimum absolute atomic E-state index is 0.332. The summed E-state index contributed by atoms with van der Waals surface area (Å²) in [6, 6.07) is 4.40. The molecule has 0 fully saturated rings. The van der Waals surface area contributed by atoms with Crippen LogP contribution in [-0.2, 0) is 17.8 Å². The lowest BCUT2D eigenvalue weighted by molar-refractivity contribution is 0.109. The lowest BCUT2D eigenvalue weighted by Gasteiger charge is -2.18. The molecule has 19 heavy (non-hydrogen) atoms. The molecular formula is C13H11BrFN3O. The molecule has 0 spiro atoms. The van der Waals surface area contributed by atoms with Crippen LogP contribution in [0.4, 0.5) is 10.2 Å². The molecule has 0 bridgehead atoms. The summed E-state index contributed by atoms with van der Waals surface area (Å²) in [6.07, 6.45) is 0.696. The second-order valence-electron chi connectivity index (χ2n) is 4.28. The Morgan fingerprint density at radius 3 is 3.00 bits per heavy atom. The van der Waals surface area contributed by atoms with Gasteiger partial charge in [-0.05, 0) is 18.2 Å². The van der Waals surface area contributed by atoms with E-state index in [1.807, 2.05) is 0 Å². The normalized spacial score (nSPS) is 14.2. The van der Waals surface area contributed by atoms with Crippen LogP contribution in [0.25, 0.3) is 11.4 Å². The molecule has 1 aromatic heterocycles. The van der Waals surface area contributed by atoms with E-state index < -0.39 is 0 Å². The van der Waals surface area contributed by atoms with Gasteiger partial charge in [0.25, 0.3) is 0 Å². The van der Waals surface area contributed by atoms with Crippen LogP contribution in [0.5, 0.6) is 0 Å². The Hall–Kier alpha value is -1.53. The van der Waals surface area contributed by atoms with Gasteiger partial charge in [0.15, 0.2) is 5.82 Å². The third-order valence-electron chi connectivity index (χ3n) is 3.02. The SMILES string of the molecule is Nc1nc(-c2cc(F)ccc2Br)nc2c1COCC2. The number of halogens is 2. The zero-order valence-electron chi connectivity index (χ0n) is 9.99. The van der Waals surface area contributed by atoms with Crippen molar-refractivity contribution in [2.75, 3.05) is 12.3 Å². The van der Waals surface area contributed by atoms with Crippen molar-refractivity contribution in [2.24, 2.45) is 0 Å². The van der Waals surface area contributed by atoms with Crippen molar-refractivity contribution in [1.29, 1.82) is 0 Å². The minimum atomic E-state index is -0.332. The second kappa shape index (κ2) is 4.86. The number of nitrogens with zero attached hydrogens (tertiary/aromatic N) is 2. The van der Waals surface area contributed by atoms with Crippen molar-refractivity contribution < 1.29 is 9.13 Å². The number of fused-ring (bicyclic) bond motifs is 1. The third-order valence-corrected chi connectivity index (χ3v) is 3.72. The maximum absolute atomic E-state index is 13.3. The Kier molecular flexibility index (Phi) is 3.20. The van der Waals surface area contributed by atoms with Crippen LogP contribution in [0, 0.1) is 5.82 Å². The number of benzene rings is 1. The molecule has 2 heterocycles. The summed E-state index contributed by atoms with van der Waals surface area (Å²) in [5.41, 5.74) is 8.24. The van der Waals surface area contributed by atoms with E-state index in [1.165, 1.54) is 12.1 Å². The molecule has 1 aliphatic heterocycles. The molecule has 1 aliphatic rings. The van der Waals surface area contributed by atoms with Gasteiger partial charge < -0.3 is 10.5 Å². The van der Waals surface area contributed by atoms with Gasteiger partial charge in [0, 0.05) is 22.0 Å². The molecule has 0 saturated carbocycles. The monoisotopic (exact) mass is 323 g/mol. The van der Waals surface area contributed by atoms with Crippen LogP contribution in [0.1, 0.15) is 11.3 Å². The van der Waals surface area contributed by atoms with E-state index in [9.17, 15) is 4.39 Å². The maximum atomic E-state index is 13.3. The highest BCUT2D eigenvalue weighted by Gasteiger charge is 2.18. The number of nitrogen functional groups attached to an aromatic ring is 1. The summed E-state index contributed by atoms with van der Waals surface area (Å²) in [6.45, 7) is 1.05. The molecule has 0 amide bonds. The Morgan fingerprint density at radius 2 is 2.16 bits per heavy atom. The lowest BCUT2D eigenvalue weighted by Crippen LogP contribution is -2.16. The van der Waals surface area contributed by atoms with Gasteiger partial charge in [-0.25, -0.2) is 14.4 Å². The number of ether oxygens (including phenoxy) is 1. The maximum Gasteiger partial charge on any atom is 0.163 e. The fourth-order valence-corrected chi connectivity index (χ4v) is 2.47. The van der Waals surface area contributed by atoms with E-state index in [1.54, 1.807) is 6.07 Å². The summed E-state index contributed by atoms with van der Waals surface area (Å²) in [5.74, 6) is 0.502. The molecule has 0 atom stereocenters. The highest BCUT2D eigenvalue weighted by molar-refractivity contribution is 9.10. The summed E-state index contributed by atoms with van der Waals surface area (Å²) in [7, 11) is 0. The first-order chi connectivity index (χ1) is 9.15. The zero-order chi connectivity index (χ0) is 13.4. The van der Waals surface area contributed by atoms with Crippen LogP contribution in [0.2, 0.25) is 0 Å². The number of aromatic nitrogens is 2. The largest absolute Gasteiger partial charge is 0.383 e. The van der Waals surface area contributed by atoms with Crippen molar-refractivity contribution in [3.63, 3.8) is 0 Å². The van der Waals surface area contributed by atoms with Gasteiger partial charge in [-0.3, -0.25) is 0 Å². The average Bonchev–Trinajstić information content (AvgIpc) is 2.41. The molecule has 1 aromatic carbocycles. The number of rotatable bonds is 1. The Bertz CT molecular complexity index is 648. The summed E-state index contributed by atoms with van der Waals surface area (Å²) in [4.78, 5) is 8.73. The number of hydrogen-bond donors (Lipinski definition) is 1. The first-order valence-corrected chi connectivity index (χ1v) is 6.63. The van der Waals surface area contributed by atoms with Gasteiger partial charge in [0.05, 0.1) is 18.9 Å². The van der Waals surface area contributed by atoms with Gasteiger partial charge in [-0.2, -0.15) is 0 Å². The second-order valence-corrected chi connectivity index (χ2v) is 5.14. The lowest BCUT2D eigenvalue weighted by atomic mass is 10.1. The summed E-state index contributed by atoms with van der Waals surface area (Å²) < 4.78 is 19.4. The highest BCUT2D eigenvalue weighted by atomic mass is 79.9. The van der Waals surface area contributed by atoms with Crippen molar-refractivity contribution >= 4 is 21.7 Å².